The Hall–Kier alpha value is -1.36. The number of carbonyl (C=O) groups is 1. The molecule has 2 rings (SSSR count). The standard InChI is InChI=1S/C10H16N4O/c1-14-6-3-8(13-14)12-9(15)7-10(11)4-2-5-10/h3,6H,2,4-5,7,11H2,1H3,(H,12,13,15). The van der Waals surface area contributed by atoms with Crippen LogP contribution in [0.1, 0.15) is 25.7 Å². The molecule has 1 amide bonds. The summed E-state index contributed by atoms with van der Waals surface area (Å²) in [5.41, 5.74) is 5.71. The van der Waals surface area contributed by atoms with E-state index in [1.165, 1.54) is 0 Å². The van der Waals surface area contributed by atoms with Crippen molar-refractivity contribution < 1.29 is 4.79 Å². The maximum atomic E-state index is 11.6. The first kappa shape index (κ1) is 10.2. The van der Waals surface area contributed by atoms with E-state index in [-0.39, 0.29) is 11.4 Å². The Morgan fingerprint density at radius 1 is 1.73 bits per heavy atom. The number of anilines is 1. The van der Waals surface area contributed by atoms with Crippen LogP contribution in [0, 0.1) is 0 Å². The normalized spacial score (nSPS) is 18.3. The Morgan fingerprint density at radius 2 is 2.47 bits per heavy atom. The monoisotopic (exact) mass is 208 g/mol. The second-order valence-corrected chi connectivity index (χ2v) is 4.32. The van der Waals surface area contributed by atoms with Gasteiger partial charge in [-0.05, 0) is 19.3 Å². The number of nitrogens with one attached hydrogen (secondary N) is 1. The summed E-state index contributed by atoms with van der Waals surface area (Å²) in [6.07, 6.45) is 5.21. The van der Waals surface area contributed by atoms with Gasteiger partial charge in [0.2, 0.25) is 5.91 Å². The maximum Gasteiger partial charge on any atom is 0.227 e. The van der Waals surface area contributed by atoms with E-state index < -0.39 is 0 Å². The van der Waals surface area contributed by atoms with Gasteiger partial charge in [-0.3, -0.25) is 9.48 Å². The van der Waals surface area contributed by atoms with Gasteiger partial charge in [-0.2, -0.15) is 5.10 Å². The lowest BCUT2D eigenvalue weighted by molar-refractivity contribution is -0.118. The molecule has 0 unspecified atom stereocenters. The van der Waals surface area contributed by atoms with Crippen LogP contribution in [0.2, 0.25) is 0 Å². The fourth-order valence-electron chi connectivity index (χ4n) is 1.80. The van der Waals surface area contributed by atoms with E-state index >= 15 is 0 Å². The van der Waals surface area contributed by atoms with Gasteiger partial charge >= 0.3 is 0 Å². The summed E-state index contributed by atoms with van der Waals surface area (Å²) in [7, 11) is 1.81. The van der Waals surface area contributed by atoms with Gasteiger partial charge in [0.15, 0.2) is 5.82 Å². The van der Waals surface area contributed by atoms with Crippen LogP contribution in [-0.2, 0) is 11.8 Å². The van der Waals surface area contributed by atoms with Crippen LogP contribution in [0.15, 0.2) is 12.3 Å². The average Bonchev–Trinajstić information content (AvgIpc) is 2.48. The number of nitrogens with zero attached hydrogens (tertiary/aromatic N) is 2. The van der Waals surface area contributed by atoms with Crippen molar-refractivity contribution in [3.8, 4) is 0 Å². The van der Waals surface area contributed by atoms with Crippen LogP contribution in [0.4, 0.5) is 5.82 Å². The first-order valence-corrected chi connectivity index (χ1v) is 5.16. The van der Waals surface area contributed by atoms with Crippen LogP contribution in [-0.4, -0.2) is 21.2 Å². The van der Waals surface area contributed by atoms with Crippen molar-refractivity contribution in [2.45, 2.75) is 31.2 Å². The Morgan fingerprint density at radius 3 is 2.93 bits per heavy atom. The van der Waals surface area contributed by atoms with E-state index in [4.69, 9.17) is 5.73 Å². The zero-order valence-corrected chi connectivity index (χ0v) is 8.86. The Bertz CT molecular complexity index is 367. The molecular formula is C10H16N4O. The number of rotatable bonds is 3. The van der Waals surface area contributed by atoms with Gasteiger partial charge in [0.05, 0.1) is 0 Å². The van der Waals surface area contributed by atoms with Crippen LogP contribution in [0.5, 0.6) is 0 Å². The molecule has 15 heavy (non-hydrogen) atoms. The molecule has 0 atom stereocenters. The fraction of sp³-hybridized carbons (Fsp3) is 0.600. The highest BCUT2D eigenvalue weighted by Crippen LogP contribution is 2.32. The third-order valence-electron chi connectivity index (χ3n) is 2.84. The molecule has 1 saturated carbocycles. The van der Waals surface area contributed by atoms with Gasteiger partial charge in [0.25, 0.3) is 0 Å². The van der Waals surface area contributed by atoms with Crippen LogP contribution >= 0.6 is 0 Å². The molecule has 1 aliphatic carbocycles. The van der Waals surface area contributed by atoms with E-state index in [1.54, 1.807) is 16.9 Å². The lowest BCUT2D eigenvalue weighted by Crippen LogP contribution is -2.48. The molecule has 1 heterocycles. The van der Waals surface area contributed by atoms with Gasteiger partial charge in [0.1, 0.15) is 0 Å². The van der Waals surface area contributed by atoms with E-state index in [1.807, 2.05) is 7.05 Å². The smallest absolute Gasteiger partial charge is 0.227 e. The predicted molar refractivity (Wildman–Crippen MR) is 57.2 cm³/mol. The summed E-state index contributed by atoms with van der Waals surface area (Å²) in [6, 6.07) is 1.77. The lowest BCUT2D eigenvalue weighted by atomic mass is 9.75. The molecule has 5 nitrogen and oxygen atoms in total. The number of hydrogen-bond acceptors (Lipinski definition) is 3. The molecule has 82 valence electrons. The number of aromatic nitrogens is 2. The van der Waals surface area contributed by atoms with Crippen molar-refractivity contribution in [1.29, 1.82) is 0 Å². The van der Waals surface area contributed by atoms with Crippen molar-refractivity contribution in [3.05, 3.63) is 12.3 Å². The molecule has 1 aromatic rings. The molecule has 1 aromatic heterocycles. The zero-order chi connectivity index (χ0) is 10.9. The quantitative estimate of drug-likeness (QED) is 0.765. The summed E-state index contributed by atoms with van der Waals surface area (Å²) in [4.78, 5) is 11.6. The molecule has 0 spiro atoms. The summed E-state index contributed by atoms with van der Waals surface area (Å²) >= 11 is 0. The molecule has 0 radical (unpaired) electrons. The minimum absolute atomic E-state index is 0.0455. The Labute approximate surface area is 88.6 Å². The highest BCUT2D eigenvalue weighted by Gasteiger charge is 2.34. The summed E-state index contributed by atoms with van der Waals surface area (Å²) in [6.45, 7) is 0. The number of nitrogens with two attached hydrogens (primary N) is 1. The minimum atomic E-state index is -0.265. The molecular weight excluding hydrogens is 192 g/mol. The zero-order valence-electron chi connectivity index (χ0n) is 8.86. The van der Waals surface area contributed by atoms with Crippen molar-refractivity contribution in [1.82, 2.24) is 9.78 Å². The largest absolute Gasteiger partial charge is 0.325 e. The Balaban J connectivity index is 1.87. The van der Waals surface area contributed by atoms with Gasteiger partial charge in [-0.15, -0.1) is 0 Å². The maximum absolute atomic E-state index is 11.6. The Kier molecular flexibility index (Phi) is 2.48. The number of hydrogen-bond donors (Lipinski definition) is 2. The second kappa shape index (κ2) is 3.66. The SMILES string of the molecule is Cn1ccc(NC(=O)CC2(N)CCC2)n1. The molecule has 1 aliphatic rings. The van der Waals surface area contributed by atoms with E-state index in [2.05, 4.69) is 10.4 Å². The first-order chi connectivity index (χ1) is 7.07. The lowest BCUT2D eigenvalue weighted by Gasteiger charge is -2.37. The van der Waals surface area contributed by atoms with Crippen LogP contribution < -0.4 is 11.1 Å². The van der Waals surface area contributed by atoms with Crippen LogP contribution in [0.3, 0.4) is 0 Å². The second-order valence-electron chi connectivity index (χ2n) is 4.32. The molecule has 0 bridgehead atoms. The number of amides is 1. The topological polar surface area (TPSA) is 72.9 Å². The van der Waals surface area contributed by atoms with Gasteiger partial charge in [-0.1, -0.05) is 0 Å². The highest BCUT2D eigenvalue weighted by molar-refractivity contribution is 5.90. The van der Waals surface area contributed by atoms with E-state index in [0.717, 1.165) is 19.3 Å². The summed E-state index contributed by atoms with van der Waals surface area (Å²) in [5, 5.41) is 6.80. The molecule has 0 saturated heterocycles. The van der Waals surface area contributed by atoms with Gasteiger partial charge < -0.3 is 11.1 Å². The minimum Gasteiger partial charge on any atom is -0.325 e. The number of aryl methyl sites for hydroxylation is 1. The molecule has 0 aromatic carbocycles. The third kappa shape index (κ3) is 2.36. The van der Waals surface area contributed by atoms with Gasteiger partial charge in [-0.25, -0.2) is 0 Å². The van der Waals surface area contributed by atoms with Gasteiger partial charge in [0, 0.05) is 31.3 Å². The number of carbonyl (C=O) groups excluding carboxylic acids is 1. The molecule has 1 fully saturated rings. The summed E-state index contributed by atoms with van der Waals surface area (Å²) in [5.74, 6) is 0.543. The average molecular weight is 208 g/mol. The third-order valence-corrected chi connectivity index (χ3v) is 2.84. The fourth-order valence-corrected chi connectivity index (χ4v) is 1.80. The molecule has 3 N–H and O–H groups in total. The first-order valence-electron chi connectivity index (χ1n) is 5.16. The van der Waals surface area contributed by atoms with Crippen molar-refractivity contribution in [2.75, 3.05) is 5.32 Å². The van der Waals surface area contributed by atoms with Crippen molar-refractivity contribution >= 4 is 11.7 Å². The molecule has 0 aliphatic heterocycles. The van der Waals surface area contributed by atoms with Crippen molar-refractivity contribution in [2.24, 2.45) is 12.8 Å². The predicted octanol–water partition coefficient (Wildman–Crippen LogP) is 0.630. The highest BCUT2D eigenvalue weighted by atomic mass is 16.1. The molecule has 5 heteroatoms. The van der Waals surface area contributed by atoms with Crippen molar-refractivity contribution in [3.63, 3.8) is 0 Å². The van der Waals surface area contributed by atoms with Crippen LogP contribution in [0.25, 0.3) is 0 Å². The van der Waals surface area contributed by atoms with E-state index in [9.17, 15) is 4.79 Å². The summed E-state index contributed by atoms with van der Waals surface area (Å²) < 4.78 is 1.65. The van der Waals surface area contributed by atoms with E-state index in [0.29, 0.717) is 12.2 Å².